The molecule has 0 nitrogen and oxygen atoms in total. The predicted octanol–water partition coefficient (Wildman–Crippen LogP) is 4.27. The second-order valence-electron chi connectivity index (χ2n) is 5.32. The van der Waals surface area contributed by atoms with Crippen molar-refractivity contribution in [1.82, 2.24) is 0 Å². The summed E-state index contributed by atoms with van der Waals surface area (Å²) in [7, 11) is -1.47. The molecule has 0 aliphatic carbocycles. The SMILES string of the molecule is C=CC[Si](C)(CC=C)c1c(C)cc(C)cc1C. The number of hydrogen-bond donors (Lipinski definition) is 0. The highest BCUT2D eigenvalue weighted by Crippen LogP contribution is 2.21. The highest BCUT2D eigenvalue weighted by Gasteiger charge is 2.29. The molecule has 17 heavy (non-hydrogen) atoms. The van der Waals surface area contributed by atoms with Gasteiger partial charge in [0.1, 0.15) is 0 Å². The molecule has 1 aromatic carbocycles. The summed E-state index contributed by atoms with van der Waals surface area (Å²) < 4.78 is 0. The van der Waals surface area contributed by atoms with Gasteiger partial charge in [-0.15, -0.1) is 13.2 Å². The van der Waals surface area contributed by atoms with Crippen LogP contribution in [0, 0.1) is 20.8 Å². The fraction of sp³-hybridized carbons (Fsp3) is 0.375. The van der Waals surface area contributed by atoms with Crippen LogP contribution in [0.1, 0.15) is 16.7 Å². The predicted molar refractivity (Wildman–Crippen MR) is 81.9 cm³/mol. The molecule has 0 bridgehead atoms. The average molecular weight is 244 g/mol. The third-order valence-electron chi connectivity index (χ3n) is 3.47. The van der Waals surface area contributed by atoms with E-state index in [0.29, 0.717) is 0 Å². The average Bonchev–Trinajstić information content (AvgIpc) is 2.15. The van der Waals surface area contributed by atoms with E-state index in [9.17, 15) is 0 Å². The summed E-state index contributed by atoms with van der Waals surface area (Å²) in [4.78, 5) is 0. The van der Waals surface area contributed by atoms with Crippen molar-refractivity contribution < 1.29 is 0 Å². The molecule has 1 heteroatoms. The molecule has 0 heterocycles. The first kappa shape index (κ1) is 14.0. The van der Waals surface area contributed by atoms with Crippen molar-refractivity contribution in [1.29, 1.82) is 0 Å². The van der Waals surface area contributed by atoms with Crippen molar-refractivity contribution in [2.24, 2.45) is 0 Å². The molecule has 1 aromatic rings. The zero-order valence-corrected chi connectivity index (χ0v) is 12.6. The van der Waals surface area contributed by atoms with Gasteiger partial charge < -0.3 is 0 Å². The van der Waals surface area contributed by atoms with Crippen LogP contribution >= 0.6 is 0 Å². The minimum Gasteiger partial charge on any atom is -0.103 e. The van der Waals surface area contributed by atoms with Crippen LogP contribution in [0.4, 0.5) is 0 Å². The van der Waals surface area contributed by atoms with Crippen molar-refractivity contribution in [3.05, 3.63) is 54.1 Å². The van der Waals surface area contributed by atoms with E-state index in [-0.39, 0.29) is 0 Å². The molecule has 0 fully saturated rings. The number of benzene rings is 1. The van der Waals surface area contributed by atoms with E-state index >= 15 is 0 Å². The van der Waals surface area contributed by atoms with Crippen LogP contribution in [-0.4, -0.2) is 8.07 Å². The van der Waals surface area contributed by atoms with Crippen molar-refractivity contribution in [2.75, 3.05) is 0 Å². The van der Waals surface area contributed by atoms with E-state index in [1.807, 2.05) is 0 Å². The molecule has 0 aliphatic heterocycles. The summed E-state index contributed by atoms with van der Waals surface area (Å²) in [6.45, 7) is 17.0. The van der Waals surface area contributed by atoms with Gasteiger partial charge in [0.05, 0.1) is 8.07 Å². The van der Waals surface area contributed by atoms with Crippen LogP contribution in [0.5, 0.6) is 0 Å². The van der Waals surface area contributed by atoms with Crippen LogP contribution in [0.2, 0.25) is 18.6 Å². The molecule has 0 saturated heterocycles. The van der Waals surface area contributed by atoms with Gasteiger partial charge in [-0.1, -0.05) is 52.7 Å². The molecule has 1 rings (SSSR count). The lowest BCUT2D eigenvalue weighted by atomic mass is 10.1. The Labute approximate surface area is 107 Å². The standard InChI is InChI=1S/C16H24Si/c1-7-9-17(6,10-8-2)16-14(4)11-13(3)12-15(16)5/h7-8,11-12H,1-2,9-10H2,3-6H3. The van der Waals surface area contributed by atoms with Gasteiger partial charge in [-0.2, -0.15) is 0 Å². The fourth-order valence-electron chi connectivity index (χ4n) is 3.06. The first-order chi connectivity index (χ1) is 7.94. The number of rotatable bonds is 5. The Kier molecular flexibility index (Phi) is 4.52. The molecule has 0 aliphatic rings. The van der Waals surface area contributed by atoms with E-state index in [1.54, 1.807) is 5.19 Å². The van der Waals surface area contributed by atoms with E-state index in [2.05, 4.69) is 64.8 Å². The van der Waals surface area contributed by atoms with Crippen molar-refractivity contribution in [3.8, 4) is 0 Å². The van der Waals surface area contributed by atoms with Crippen LogP contribution < -0.4 is 5.19 Å². The van der Waals surface area contributed by atoms with Gasteiger partial charge in [0, 0.05) is 0 Å². The highest BCUT2D eigenvalue weighted by molar-refractivity contribution is 6.92. The van der Waals surface area contributed by atoms with Gasteiger partial charge in [0.2, 0.25) is 0 Å². The molecule has 0 saturated carbocycles. The van der Waals surface area contributed by atoms with Gasteiger partial charge in [0.25, 0.3) is 0 Å². The fourth-order valence-corrected chi connectivity index (χ4v) is 6.95. The van der Waals surface area contributed by atoms with Gasteiger partial charge >= 0.3 is 0 Å². The Morgan fingerprint density at radius 3 is 1.76 bits per heavy atom. The lowest BCUT2D eigenvalue weighted by Crippen LogP contribution is -2.46. The smallest absolute Gasteiger partial charge is 0.0917 e. The summed E-state index contributed by atoms with van der Waals surface area (Å²) in [5.74, 6) is 0. The second-order valence-corrected chi connectivity index (χ2v) is 9.76. The Bertz CT molecular complexity index is 396. The van der Waals surface area contributed by atoms with Crippen molar-refractivity contribution in [3.63, 3.8) is 0 Å². The number of allylic oxidation sites excluding steroid dienone is 2. The Balaban J connectivity index is 3.37. The molecular formula is C16H24Si. The molecule has 0 unspecified atom stereocenters. The normalized spacial score (nSPS) is 11.3. The van der Waals surface area contributed by atoms with E-state index in [4.69, 9.17) is 0 Å². The topological polar surface area (TPSA) is 0 Å². The Morgan fingerprint density at radius 1 is 1.00 bits per heavy atom. The summed E-state index contributed by atoms with van der Waals surface area (Å²) >= 11 is 0. The zero-order valence-electron chi connectivity index (χ0n) is 11.6. The van der Waals surface area contributed by atoms with E-state index in [0.717, 1.165) is 12.1 Å². The molecule has 0 N–H and O–H groups in total. The summed E-state index contributed by atoms with van der Waals surface area (Å²) in [6.07, 6.45) is 4.16. The minimum atomic E-state index is -1.47. The van der Waals surface area contributed by atoms with Gasteiger partial charge in [0.15, 0.2) is 0 Å². The van der Waals surface area contributed by atoms with E-state index < -0.39 is 8.07 Å². The summed E-state index contributed by atoms with van der Waals surface area (Å²) in [5, 5.41) is 1.60. The molecule has 0 atom stereocenters. The van der Waals surface area contributed by atoms with Crippen LogP contribution in [0.15, 0.2) is 37.4 Å². The number of hydrogen-bond acceptors (Lipinski definition) is 0. The zero-order chi connectivity index (χ0) is 13.1. The lowest BCUT2D eigenvalue weighted by Gasteiger charge is -2.29. The maximum Gasteiger partial charge on any atom is 0.0917 e. The van der Waals surface area contributed by atoms with Gasteiger partial charge in [-0.05, 0) is 32.9 Å². The van der Waals surface area contributed by atoms with Crippen molar-refractivity contribution in [2.45, 2.75) is 39.4 Å². The second kappa shape index (κ2) is 5.50. The van der Waals surface area contributed by atoms with Crippen LogP contribution in [0.3, 0.4) is 0 Å². The molecule has 0 spiro atoms. The maximum atomic E-state index is 3.93. The highest BCUT2D eigenvalue weighted by atomic mass is 28.3. The Hall–Kier alpha value is -1.08. The molecule has 0 amide bonds. The molecular weight excluding hydrogens is 220 g/mol. The van der Waals surface area contributed by atoms with Gasteiger partial charge in [-0.25, -0.2) is 0 Å². The first-order valence-electron chi connectivity index (χ1n) is 6.24. The third-order valence-corrected chi connectivity index (χ3v) is 7.85. The molecule has 92 valence electrons. The molecule has 0 radical (unpaired) electrons. The third kappa shape index (κ3) is 2.98. The Morgan fingerprint density at radius 2 is 1.41 bits per heavy atom. The monoisotopic (exact) mass is 244 g/mol. The first-order valence-corrected chi connectivity index (χ1v) is 9.16. The minimum absolute atomic E-state index is 1.13. The summed E-state index contributed by atoms with van der Waals surface area (Å²) in [6, 6.07) is 6.87. The number of aryl methyl sites for hydroxylation is 3. The maximum absolute atomic E-state index is 3.93. The largest absolute Gasteiger partial charge is 0.103 e. The van der Waals surface area contributed by atoms with E-state index in [1.165, 1.54) is 16.7 Å². The quantitative estimate of drug-likeness (QED) is 0.536. The summed E-state index contributed by atoms with van der Waals surface area (Å²) in [5.41, 5.74) is 4.25. The molecule has 0 aromatic heterocycles. The van der Waals surface area contributed by atoms with Crippen molar-refractivity contribution >= 4 is 13.3 Å². The van der Waals surface area contributed by atoms with Crippen LogP contribution in [-0.2, 0) is 0 Å². The van der Waals surface area contributed by atoms with Crippen LogP contribution in [0.25, 0.3) is 0 Å². The lowest BCUT2D eigenvalue weighted by molar-refractivity contribution is 1.32. The van der Waals surface area contributed by atoms with Gasteiger partial charge in [-0.3, -0.25) is 0 Å².